The van der Waals surface area contributed by atoms with Crippen LogP contribution in [0.1, 0.15) is 33.3 Å². The Hall–Kier alpha value is -1.66. The summed E-state index contributed by atoms with van der Waals surface area (Å²) in [6.07, 6.45) is -0.116. The van der Waals surface area contributed by atoms with E-state index in [1.807, 2.05) is 29.8 Å². The summed E-state index contributed by atoms with van der Waals surface area (Å²) in [4.78, 5) is 23.9. The molecule has 2 rings (SSSR count). The predicted molar refractivity (Wildman–Crippen MR) is 75.8 cm³/mol. The molecular formula is C13H13NO3S2. The number of aliphatic carboxylic acids is 1. The molecule has 0 radical (unpaired) electrons. The number of amides is 1. The third-order valence-corrected chi connectivity index (χ3v) is 4.52. The fourth-order valence-electron chi connectivity index (χ4n) is 1.72. The Morgan fingerprint density at radius 3 is 2.74 bits per heavy atom. The van der Waals surface area contributed by atoms with E-state index in [1.54, 1.807) is 5.38 Å². The Bertz CT molecular complexity index is 574. The summed E-state index contributed by atoms with van der Waals surface area (Å²) in [6, 6.07) is 3.19. The van der Waals surface area contributed by atoms with Crippen molar-refractivity contribution in [2.75, 3.05) is 0 Å². The normalized spacial score (nSPS) is 12.1. The first-order valence-electron chi connectivity index (χ1n) is 5.66. The highest BCUT2D eigenvalue weighted by atomic mass is 32.1. The Morgan fingerprint density at radius 1 is 1.42 bits per heavy atom. The average Bonchev–Trinajstić information content (AvgIpc) is 2.97. The molecule has 2 N–H and O–H groups in total. The van der Waals surface area contributed by atoms with Crippen molar-refractivity contribution >= 4 is 34.6 Å². The van der Waals surface area contributed by atoms with Gasteiger partial charge in [-0.1, -0.05) is 6.07 Å². The molecule has 0 saturated heterocycles. The van der Waals surface area contributed by atoms with Crippen LogP contribution in [-0.4, -0.2) is 17.0 Å². The van der Waals surface area contributed by atoms with Crippen LogP contribution in [0.4, 0.5) is 0 Å². The Balaban J connectivity index is 2.15. The van der Waals surface area contributed by atoms with Gasteiger partial charge in [0.05, 0.1) is 18.0 Å². The number of rotatable bonds is 5. The number of carbonyl (C=O) groups excluding carboxylic acids is 1. The van der Waals surface area contributed by atoms with Crippen molar-refractivity contribution in [3.8, 4) is 0 Å². The summed E-state index contributed by atoms with van der Waals surface area (Å²) >= 11 is 2.90. The van der Waals surface area contributed by atoms with Gasteiger partial charge >= 0.3 is 5.97 Å². The van der Waals surface area contributed by atoms with Gasteiger partial charge in [-0.15, -0.1) is 11.3 Å². The Morgan fingerprint density at radius 2 is 2.21 bits per heavy atom. The fourth-order valence-corrected chi connectivity index (χ4v) is 3.32. The lowest BCUT2D eigenvalue weighted by Crippen LogP contribution is -2.29. The van der Waals surface area contributed by atoms with Crippen LogP contribution in [0.5, 0.6) is 0 Å². The summed E-state index contributed by atoms with van der Waals surface area (Å²) in [7, 11) is 0. The molecule has 0 spiro atoms. The summed E-state index contributed by atoms with van der Waals surface area (Å²) in [5.41, 5.74) is 1.51. The van der Waals surface area contributed by atoms with Gasteiger partial charge in [-0.25, -0.2) is 0 Å². The van der Waals surface area contributed by atoms with Crippen molar-refractivity contribution < 1.29 is 14.7 Å². The number of thiophene rings is 2. The van der Waals surface area contributed by atoms with Crippen LogP contribution in [0, 0.1) is 6.92 Å². The number of carbonyl (C=O) groups is 2. The van der Waals surface area contributed by atoms with E-state index >= 15 is 0 Å². The first-order valence-corrected chi connectivity index (χ1v) is 7.49. The first kappa shape index (κ1) is 13.8. The highest BCUT2D eigenvalue weighted by molar-refractivity contribution is 7.10. The van der Waals surface area contributed by atoms with Gasteiger partial charge in [0.15, 0.2) is 0 Å². The zero-order valence-electron chi connectivity index (χ0n) is 10.3. The Kier molecular flexibility index (Phi) is 4.34. The van der Waals surface area contributed by atoms with Crippen LogP contribution < -0.4 is 5.32 Å². The molecule has 0 aliphatic heterocycles. The van der Waals surface area contributed by atoms with Crippen LogP contribution in [0.15, 0.2) is 28.3 Å². The second-order valence-corrected chi connectivity index (χ2v) is 5.83. The molecule has 2 heterocycles. The summed E-state index contributed by atoms with van der Waals surface area (Å²) in [5, 5.41) is 17.3. The van der Waals surface area contributed by atoms with Gasteiger partial charge in [-0.3, -0.25) is 9.59 Å². The summed E-state index contributed by atoms with van der Waals surface area (Å²) in [5.74, 6) is -1.15. The quantitative estimate of drug-likeness (QED) is 0.891. The van der Waals surface area contributed by atoms with E-state index in [9.17, 15) is 9.59 Å². The van der Waals surface area contributed by atoms with Crippen LogP contribution >= 0.6 is 22.7 Å². The minimum atomic E-state index is -0.930. The lowest BCUT2D eigenvalue weighted by atomic mass is 10.1. The molecule has 1 atom stereocenters. The lowest BCUT2D eigenvalue weighted by molar-refractivity contribution is -0.137. The highest BCUT2D eigenvalue weighted by Crippen LogP contribution is 2.23. The molecule has 0 fully saturated rings. The number of nitrogens with one attached hydrogen (secondary N) is 1. The number of hydrogen-bond acceptors (Lipinski definition) is 4. The molecule has 2 aromatic rings. The van der Waals surface area contributed by atoms with E-state index < -0.39 is 12.0 Å². The number of hydrogen-bond donors (Lipinski definition) is 2. The number of aryl methyl sites for hydroxylation is 1. The molecule has 2 aromatic heterocycles. The summed E-state index contributed by atoms with van der Waals surface area (Å²) < 4.78 is 0. The van der Waals surface area contributed by atoms with Crippen LogP contribution in [0.2, 0.25) is 0 Å². The third-order valence-electron chi connectivity index (χ3n) is 2.67. The third kappa shape index (κ3) is 3.42. The van der Waals surface area contributed by atoms with Crippen molar-refractivity contribution in [2.45, 2.75) is 19.4 Å². The molecule has 4 nitrogen and oxygen atoms in total. The zero-order valence-corrected chi connectivity index (χ0v) is 11.9. The predicted octanol–water partition coefficient (Wildman–Crippen LogP) is 3.06. The van der Waals surface area contributed by atoms with Gasteiger partial charge in [0.1, 0.15) is 0 Å². The molecule has 0 aliphatic carbocycles. The maximum atomic E-state index is 12.1. The van der Waals surface area contributed by atoms with E-state index in [4.69, 9.17) is 5.11 Å². The van der Waals surface area contributed by atoms with Gasteiger partial charge in [0.2, 0.25) is 0 Å². The van der Waals surface area contributed by atoms with E-state index in [0.29, 0.717) is 5.56 Å². The minimum Gasteiger partial charge on any atom is -0.481 e. The molecular weight excluding hydrogens is 282 g/mol. The number of carboxylic acids is 1. The first-order chi connectivity index (χ1) is 9.08. The zero-order chi connectivity index (χ0) is 13.8. The van der Waals surface area contributed by atoms with Gasteiger partial charge < -0.3 is 10.4 Å². The smallest absolute Gasteiger partial charge is 0.305 e. The highest BCUT2D eigenvalue weighted by Gasteiger charge is 2.20. The van der Waals surface area contributed by atoms with Crippen molar-refractivity contribution in [2.24, 2.45) is 0 Å². The Labute approximate surface area is 118 Å². The standard InChI is InChI=1S/C13H13NO3S2/c1-8-6-18-7-9(8)13(17)14-10(5-12(15)16)11-3-2-4-19-11/h2-4,6-7,10H,5H2,1H3,(H,14,17)(H,15,16). The molecule has 19 heavy (non-hydrogen) atoms. The molecule has 1 amide bonds. The van der Waals surface area contributed by atoms with E-state index in [0.717, 1.165) is 10.4 Å². The van der Waals surface area contributed by atoms with Gasteiger partial charge in [0.25, 0.3) is 5.91 Å². The summed E-state index contributed by atoms with van der Waals surface area (Å²) in [6.45, 7) is 1.86. The van der Waals surface area contributed by atoms with Crippen molar-refractivity contribution in [3.63, 3.8) is 0 Å². The second kappa shape index (κ2) is 5.99. The van der Waals surface area contributed by atoms with E-state index in [2.05, 4.69) is 5.32 Å². The van der Waals surface area contributed by atoms with Crippen LogP contribution in [-0.2, 0) is 4.79 Å². The lowest BCUT2D eigenvalue weighted by Gasteiger charge is -2.15. The van der Waals surface area contributed by atoms with Crippen molar-refractivity contribution in [1.29, 1.82) is 0 Å². The minimum absolute atomic E-state index is 0.116. The second-order valence-electron chi connectivity index (χ2n) is 4.11. The largest absolute Gasteiger partial charge is 0.481 e. The van der Waals surface area contributed by atoms with Crippen LogP contribution in [0.3, 0.4) is 0 Å². The fraction of sp³-hybridized carbons (Fsp3) is 0.231. The molecule has 0 saturated carbocycles. The van der Waals surface area contributed by atoms with E-state index in [-0.39, 0.29) is 12.3 Å². The SMILES string of the molecule is Cc1cscc1C(=O)NC(CC(=O)O)c1cccs1. The average molecular weight is 295 g/mol. The van der Waals surface area contributed by atoms with Gasteiger partial charge in [-0.05, 0) is 29.3 Å². The van der Waals surface area contributed by atoms with Crippen LogP contribution in [0.25, 0.3) is 0 Å². The van der Waals surface area contributed by atoms with Gasteiger partial charge in [0, 0.05) is 10.3 Å². The van der Waals surface area contributed by atoms with Gasteiger partial charge in [-0.2, -0.15) is 11.3 Å². The molecule has 0 aromatic carbocycles. The van der Waals surface area contributed by atoms with Crippen molar-refractivity contribution in [1.82, 2.24) is 5.32 Å². The maximum absolute atomic E-state index is 12.1. The number of carboxylic acid groups (broad SMARTS) is 1. The molecule has 1 unspecified atom stereocenters. The molecule has 100 valence electrons. The molecule has 0 aliphatic rings. The molecule has 6 heteroatoms. The van der Waals surface area contributed by atoms with E-state index in [1.165, 1.54) is 22.7 Å². The van der Waals surface area contributed by atoms with Crippen molar-refractivity contribution in [3.05, 3.63) is 44.3 Å². The topological polar surface area (TPSA) is 66.4 Å². The maximum Gasteiger partial charge on any atom is 0.305 e. The monoisotopic (exact) mass is 295 g/mol. The molecule has 0 bridgehead atoms.